The monoisotopic (exact) mass is 300 g/mol. The summed E-state index contributed by atoms with van der Waals surface area (Å²) >= 11 is 3.28. The van der Waals surface area contributed by atoms with Crippen LogP contribution in [0.15, 0.2) is 10.5 Å². The molecule has 1 aromatic rings. The fourth-order valence-electron chi connectivity index (χ4n) is 1.95. The Morgan fingerprint density at radius 1 is 1.41 bits per heavy atom. The standard InChI is InChI=1S/C12H13BrO4/c1-6(2)9-10(12(14)15)7(13)5-8-11(9)17-4-3-16-8/h5-6H,3-4H2,1-2H3,(H,14,15). The first-order chi connectivity index (χ1) is 8.02. The van der Waals surface area contributed by atoms with Crippen LogP contribution in [-0.4, -0.2) is 24.3 Å². The van der Waals surface area contributed by atoms with E-state index in [-0.39, 0.29) is 11.5 Å². The zero-order valence-electron chi connectivity index (χ0n) is 9.62. The van der Waals surface area contributed by atoms with Crippen molar-refractivity contribution in [2.75, 3.05) is 13.2 Å². The topological polar surface area (TPSA) is 55.8 Å². The molecule has 2 rings (SSSR count). The zero-order chi connectivity index (χ0) is 12.6. The van der Waals surface area contributed by atoms with E-state index in [0.29, 0.717) is 34.7 Å². The van der Waals surface area contributed by atoms with Crippen molar-refractivity contribution < 1.29 is 19.4 Å². The van der Waals surface area contributed by atoms with Crippen molar-refractivity contribution in [2.45, 2.75) is 19.8 Å². The Morgan fingerprint density at radius 2 is 2.06 bits per heavy atom. The summed E-state index contributed by atoms with van der Waals surface area (Å²) in [6, 6.07) is 1.66. The van der Waals surface area contributed by atoms with Crippen molar-refractivity contribution in [1.29, 1.82) is 0 Å². The van der Waals surface area contributed by atoms with Crippen molar-refractivity contribution in [2.24, 2.45) is 0 Å². The predicted molar refractivity (Wildman–Crippen MR) is 66.2 cm³/mol. The van der Waals surface area contributed by atoms with Gasteiger partial charge in [-0.25, -0.2) is 4.79 Å². The van der Waals surface area contributed by atoms with Crippen molar-refractivity contribution in [3.8, 4) is 11.5 Å². The maximum atomic E-state index is 11.3. The number of ether oxygens (including phenoxy) is 2. The predicted octanol–water partition coefficient (Wildman–Crippen LogP) is 3.04. The Morgan fingerprint density at radius 3 is 2.65 bits per heavy atom. The summed E-state index contributed by atoms with van der Waals surface area (Å²) in [6.45, 7) is 4.82. The molecule has 0 aliphatic carbocycles. The number of rotatable bonds is 2. The number of carbonyl (C=O) groups is 1. The van der Waals surface area contributed by atoms with Gasteiger partial charge in [-0.2, -0.15) is 0 Å². The van der Waals surface area contributed by atoms with Gasteiger partial charge in [0.25, 0.3) is 0 Å². The van der Waals surface area contributed by atoms with Gasteiger partial charge in [-0.1, -0.05) is 13.8 Å². The molecule has 1 aliphatic heterocycles. The summed E-state index contributed by atoms with van der Waals surface area (Å²) in [5, 5.41) is 9.27. The van der Waals surface area contributed by atoms with E-state index in [1.807, 2.05) is 13.8 Å². The van der Waals surface area contributed by atoms with Crippen molar-refractivity contribution in [3.05, 3.63) is 21.7 Å². The van der Waals surface area contributed by atoms with Crippen molar-refractivity contribution >= 4 is 21.9 Å². The second-order valence-electron chi connectivity index (χ2n) is 4.13. The summed E-state index contributed by atoms with van der Waals surface area (Å²) in [4.78, 5) is 11.3. The lowest BCUT2D eigenvalue weighted by Gasteiger charge is -2.24. The molecule has 0 aromatic heterocycles. The molecule has 1 heterocycles. The van der Waals surface area contributed by atoms with E-state index in [4.69, 9.17) is 9.47 Å². The summed E-state index contributed by atoms with van der Waals surface area (Å²) in [7, 11) is 0. The molecule has 0 unspecified atom stereocenters. The zero-order valence-corrected chi connectivity index (χ0v) is 11.2. The van der Waals surface area contributed by atoms with E-state index < -0.39 is 5.97 Å². The van der Waals surface area contributed by atoms with Gasteiger partial charge in [0, 0.05) is 10.0 Å². The van der Waals surface area contributed by atoms with Crippen LogP contribution >= 0.6 is 15.9 Å². The lowest BCUT2D eigenvalue weighted by molar-refractivity contribution is 0.0692. The van der Waals surface area contributed by atoms with Crippen LogP contribution in [0.25, 0.3) is 0 Å². The summed E-state index contributed by atoms with van der Waals surface area (Å²) in [5.41, 5.74) is 0.936. The fourth-order valence-corrected chi connectivity index (χ4v) is 2.54. The quantitative estimate of drug-likeness (QED) is 0.912. The van der Waals surface area contributed by atoms with Crippen LogP contribution in [0, 0.1) is 0 Å². The maximum Gasteiger partial charge on any atom is 0.337 e. The highest BCUT2D eigenvalue weighted by Crippen LogP contribution is 2.43. The highest BCUT2D eigenvalue weighted by Gasteiger charge is 2.27. The number of carboxylic acids is 1. The normalized spacial score (nSPS) is 13.9. The van der Waals surface area contributed by atoms with Gasteiger partial charge in [-0.05, 0) is 27.9 Å². The van der Waals surface area contributed by atoms with Gasteiger partial charge in [-0.3, -0.25) is 0 Å². The first-order valence-corrected chi connectivity index (χ1v) is 6.17. The fraction of sp³-hybridized carbons (Fsp3) is 0.417. The lowest BCUT2D eigenvalue weighted by Crippen LogP contribution is -2.19. The third-order valence-corrected chi connectivity index (χ3v) is 3.24. The molecule has 4 nitrogen and oxygen atoms in total. The van der Waals surface area contributed by atoms with E-state index in [1.54, 1.807) is 6.07 Å². The number of fused-ring (bicyclic) bond motifs is 1. The Kier molecular flexibility index (Phi) is 3.28. The van der Waals surface area contributed by atoms with Gasteiger partial charge in [0.1, 0.15) is 13.2 Å². The SMILES string of the molecule is CC(C)c1c2c(cc(Br)c1C(=O)O)OCCO2. The van der Waals surface area contributed by atoms with E-state index >= 15 is 0 Å². The molecule has 0 spiro atoms. The molecule has 17 heavy (non-hydrogen) atoms. The van der Waals surface area contributed by atoms with Crippen LogP contribution in [0.1, 0.15) is 35.7 Å². The highest BCUT2D eigenvalue weighted by molar-refractivity contribution is 9.10. The van der Waals surface area contributed by atoms with Gasteiger partial charge < -0.3 is 14.6 Å². The molecule has 0 saturated heterocycles. The number of aromatic carboxylic acids is 1. The molecule has 1 aliphatic rings. The minimum absolute atomic E-state index is 0.0500. The number of halogens is 1. The van der Waals surface area contributed by atoms with Crippen LogP contribution in [-0.2, 0) is 0 Å². The third-order valence-electron chi connectivity index (χ3n) is 2.61. The smallest absolute Gasteiger partial charge is 0.337 e. The van der Waals surface area contributed by atoms with Crippen LogP contribution in [0.4, 0.5) is 0 Å². The number of benzene rings is 1. The second-order valence-corrected chi connectivity index (χ2v) is 4.99. The molecule has 1 N–H and O–H groups in total. The Hall–Kier alpha value is -1.23. The van der Waals surface area contributed by atoms with E-state index in [0.717, 1.165) is 0 Å². The second kappa shape index (κ2) is 4.56. The van der Waals surface area contributed by atoms with E-state index in [1.165, 1.54) is 0 Å². The van der Waals surface area contributed by atoms with E-state index in [2.05, 4.69) is 15.9 Å². The summed E-state index contributed by atoms with van der Waals surface area (Å²) in [5.74, 6) is 0.260. The number of hydrogen-bond acceptors (Lipinski definition) is 3. The largest absolute Gasteiger partial charge is 0.486 e. The molecule has 0 fully saturated rings. The Labute approximate surface area is 108 Å². The van der Waals surface area contributed by atoms with Crippen molar-refractivity contribution in [1.82, 2.24) is 0 Å². The summed E-state index contributed by atoms with van der Waals surface area (Å²) in [6.07, 6.45) is 0. The third kappa shape index (κ3) is 2.11. The molecule has 1 aromatic carbocycles. The minimum atomic E-state index is -0.961. The van der Waals surface area contributed by atoms with E-state index in [9.17, 15) is 9.90 Å². The first kappa shape index (κ1) is 12.2. The molecular formula is C12H13BrO4. The molecular weight excluding hydrogens is 288 g/mol. The van der Waals surface area contributed by atoms with Gasteiger partial charge >= 0.3 is 5.97 Å². The van der Waals surface area contributed by atoms with Crippen LogP contribution in [0.3, 0.4) is 0 Å². The lowest BCUT2D eigenvalue weighted by atomic mass is 9.95. The first-order valence-electron chi connectivity index (χ1n) is 5.37. The molecule has 0 amide bonds. The Balaban J connectivity index is 2.71. The molecule has 0 radical (unpaired) electrons. The van der Waals surface area contributed by atoms with Crippen LogP contribution < -0.4 is 9.47 Å². The molecule has 0 saturated carbocycles. The molecule has 92 valence electrons. The van der Waals surface area contributed by atoms with Gasteiger partial charge in [0.15, 0.2) is 11.5 Å². The van der Waals surface area contributed by atoms with Crippen LogP contribution in [0.2, 0.25) is 0 Å². The molecule has 5 heteroatoms. The van der Waals surface area contributed by atoms with Crippen molar-refractivity contribution in [3.63, 3.8) is 0 Å². The average molecular weight is 301 g/mol. The highest BCUT2D eigenvalue weighted by atomic mass is 79.9. The summed E-state index contributed by atoms with van der Waals surface area (Å²) < 4.78 is 11.6. The molecule has 0 atom stereocenters. The Bertz CT molecular complexity index is 468. The van der Waals surface area contributed by atoms with Gasteiger partial charge in [0.05, 0.1) is 5.56 Å². The number of carboxylic acid groups (broad SMARTS) is 1. The van der Waals surface area contributed by atoms with Gasteiger partial charge in [0.2, 0.25) is 0 Å². The van der Waals surface area contributed by atoms with Gasteiger partial charge in [-0.15, -0.1) is 0 Å². The average Bonchev–Trinajstić information content (AvgIpc) is 2.26. The number of hydrogen-bond donors (Lipinski definition) is 1. The maximum absolute atomic E-state index is 11.3. The molecule has 0 bridgehead atoms. The van der Waals surface area contributed by atoms with Crippen LogP contribution in [0.5, 0.6) is 11.5 Å². The minimum Gasteiger partial charge on any atom is -0.486 e.